The quantitative estimate of drug-likeness (QED) is 0.802. The lowest BCUT2D eigenvalue weighted by molar-refractivity contribution is 0.585. The van der Waals surface area contributed by atoms with Crippen LogP contribution in [-0.2, 0) is 9.84 Å². The standard InChI is InChI=1S/C16H15NO2S2/c17-11-15(21(18,19)16-9-4-10-20-16)14-8-3-6-12-5-1-2-7-13(12)14/h1-10,15H,11,17H2/t15-/m0/s1. The molecule has 0 aliphatic heterocycles. The fourth-order valence-corrected chi connectivity index (χ4v) is 5.36. The average molecular weight is 317 g/mol. The second kappa shape index (κ2) is 5.60. The van der Waals surface area contributed by atoms with E-state index in [1.807, 2.05) is 42.5 Å². The molecule has 108 valence electrons. The zero-order chi connectivity index (χ0) is 14.9. The van der Waals surface area contributed by atoms with Crippen LogP contribution in [0.25, 0.3) is 10.8 Å². The maximum absolute atomic E-state index is 12.8. The smallest absolute Gasteiger partial charge is 0.195 e. The molecule has 1 aromatic heterocycles. The summed E-state index contributed by atoms with van der Waals surface area (Å²) >= 11 is 1.23. The molecule has 0 unspecified atom stereocenters. The third-order valence-corrected chi connectivity index (χ3v) is 7.07. The first-order valence-electron chi connectivity index (χ1n) is 6.59. The monoisotopic (exact) mass is 317 g/mol. The first kappa shape index (κ1) is 14.3. The van der Waals surface area contributed by atoms with Gasteiger partial charge in [0.1, 0.15) is 9.46 Å². The summed E-state index contributed by atoms with van der Waals surface area (Å²) < 4.78 is 26.0. The Balaban J connectivity index is 2.20. The second-order valence-corrected chi connectivity index (χ2v) is 8.07. The fraction of sp³-hybridized carbons (Fsp3) is 0.125. The van der Waals surface area contributed by atoms with Gasteiger partial charge < -0.3 is 5.73 Å². The molecule has 5 heteroatoms. The summed E-state index contributed by atoms with van der Waals surface area (Å²) in [5.74, 6) is 0. The second-order valence-electron chi connectivity index (χ2n) is 4.77. The highest BCUT2D eigenvalue weighted by molar-refractivity contribution is 7.93. The molecule has 3 rings (SSSR count). The molecule has 0 aliphatic carbocycles. The van der Waals surface area contributed by atoms with Gasteiger partial charge in [0.2, 0.25) is 0 Å². The number of nitrogens with two attached hydrogens (primary N) is 1. The molecule has 3 aromatic rings. The average Bonchev–Trinajstić information content (AvgIpc) is 3.03. The molecule has 2 N–H and O–H groups in total. The van der Waals surface area contributed by atoms with Gasteiger partial charge >= 0.3 is 0 Å². The van der Waals surface area contributed by atoms with Gasteiger partial charge in [-0.05, 0) is 27.8 Å². The summed E-state index contributed by atoms with van der Waals surface area (Å²) in [4.78, 5) is 0. The van der Waals surface area contributed by atoms with Crippen LogP contribution in [0.3, 0.4) is 0 Å². The molecule has 0 bridgehead atoms. The summed E-state index contributed by atoms with van der Waals surface area (Å²) in [5.41, 5.74) is 6.58. The predicted molar refractivity (Wildman–Crippen MR) is 87.2 cm³/mol. The van der Waals surface area contributed by atoms with Crippen LogP contribution in [0.4, 0.5) is 0 Å². The van der Waals surface area contributed by atoms with Crippen molar-refractivity contribution in [2.75, 3.05) is 6.54 Å². The summed E-state index contributed by atoms with van der Waals surface area (Å²) in [6, 6.07) is 16.9. The van der Waals surface area contributed by atoms with Crippen LogP contribution in [-0.4, -0.2) is 15.0 Å². The lowest BCUT2D eigenvalue weighted by atomic mass is 10.0. The summed E-state index contributed by atoms with van der Waals surface area (Å²) in [5, 5.41) is 3.01. The van der Waals surface area contributed by atoms with E-state index in [1.165, 1.54) is 11.3 Å². The molecule has 0 fully saturated rings. The van der Waals surface area contributed by atoms with E-state index in [9.17, 15) is 8.42 Å². The van der Waals surface area contributed by atoms with E-state index in [1.54, 1.807) is 17.5 Å². The molecule has 3 nitrogen and oxygen atoms in total. The number of sulfone groups is 1. The molecule has 0 amide bonds. The zero-order valence-corrected chi connectivity index (χ0v) is 12.9. The number of hydrogen-bond acceptors (Lipinski definition) is 4. The SMILES string of the molecule is NC[C@@H](c1cccc2ccccc12)S(=O)(=O)c1cccs1. The van der Waals surface area contributed by atoms with Crippen LogP contribution < -0.4 is 5.73 Å². The topological polar surface area (TPSA) is 60.2 Å². The Hall–Kier alpha value is -1.69. The van der Waals surface area contributed by atoms with E-state index in [2.05, 4.69) is 0 Å². The molecule has 2 aromatic carbocycles. The van der Waals surface area contributed by atoms with Gasteiger partial charge in [0.25, 0.3) is 0 Å². The molecule has 0 saturated carbocycles. The van der Waals surface area contributed by atoms with Crippen molar-refractivity contribution in [2.24, 2.45) is 5.73 Å². The summed E-state index contributed by atoms with van der Waals surface area (Å²) in [7, 11) is -3.46. The van der Waals surface area contributed by atoms with E-state index in [4.69, 9.17) is 5.73 Å². The Morgan fingerprint density at radius 2 is 1.76 bits per heavy atom. The van der Waals surface area contributed by atoms with Gasteiger partial charge in [0.05, 0.1) is 0 Å². The normalized spacial score (nSPS) is 13.4. The summed E-state index contributed by atoms with van der Waals surface area (Å²) in [6.07, 6.45) is 0. The van der Waals surface area contributed by atoms with Gasteiger partial charge in [-0.25, -0.2) is 8.42 Å². The number of thiophene rings is 1. The van der Waals surface area contributed by atoms with Gasteiger partial charge in [0.15, 0.2) is 9.84 Å². The zero-order valence-electron chi connectivity index (χ0n) is 11.3. The highest BCUT2D eigenvalue weighted by Crippen LogP contribution is 2.34. The van der Waals surface area contributed by atoms with Crippen LogP contribution in [0, 0.1) is 0 Å². The minimum Gasteiger partial charge on any atom is -0.329 e. The lowest BCUT2D eigenvalue weighted by Gasteiger charge is -2.17. The van der Waals surface area contributed by atoms with Crippen molar-refractivity contribution in [3.05, 3.63) is 65.5 Å². The molecule has 0 saturated heterocycles. The van der Waals surface area contributed by atoms with Crippen molar-refractivity contribution in [2.45, 2.75) is 9.46 Å². The minimum absolute atomic E-state index is 0.0637. The van der Waals surface area contributed by atoms with Crippen molar-refractivity contribution in [1.29, 1.82) is 0 Å². The van der Waals surface area contributed by atoms with E-state index in [0.29, 0.717) is 4.21 Å². The van der Waals surface area contributed by atoms with E-state index >= 15 is 0 Å². The van der Waals surface area contributed by atoms with Crippen molar-refractivity contribution in [3.63, 3.8) is 0 Å². The van der Waals surface area contributed by atoms with Gasteiger partial charge in [-0.1, -0.05) is 48.5 Å². The molecular formula is C16H15NO2S2. The molecular weight excluding hydrogens is 302 g/mol. The summed E-state index contributed by atoms with van der Waals surface area (Å²) in [6.45, 7) is 0.0637. The van der Waals surface area contributed by atoms with Crippen LogP contribution in [0.5, 0.6) is 0 Å². The van der Waals surface area contributed by atoms with Crippen molar-refractivity contribution in [3.8, 4) is 0 Å². The number of fused-ring (bicyclic) bond motifs is 1. The number of hydrogen-bond donors (Lipinski definition) is 1. The van der Waals surface area contributed by atoms with Gasteiger partial charge in [-0.2, -0.15) is 0 Å². The maximum Gasteiger partial charge on any atom is 0.195 e. The molecule has 0 spiro atoms. The molecule has 1 heterocycles. The van der Waals surface area contributed by atoms with Gasteiger partial charge in [0, 0.05) is 6.54 Å². The Morgan fingerprint density at radius 1 is 1.00 bits per heavy atom. The molecule has 0 aliphatic rings. The predicted octanol–water partition coefficient (Wildman–Crippen LogP) is 3.38. The van der Waals surface area contributed by atoms with Crippen molar-refractivity contribution < 1.29 is 8.42 Å². The first-order chi connectivity index (χ1) is 10.1. The van der Waals surface area contributed by atoms with E-state index in [0.717, 1.165) is 16.3 Å². The molecule has 1 atom stereocenters. The highest BCUT2D eigenvalue weighted by atomic mass is 32.2. The fourth-order valence-electron chi connectivity index (χ4n) is 2.52. The third-order valence-electron chi connectivity index (χ3n) is 3.53. The number of rotatable bonds is 4. The van der Waals surface area contributed by atoms with Crippen LogP contribution >= 0.6 is 11.3 Å². The largest absolute Gasteiger partial charge is 0.329 e. The Labute approximate surface area is 128 Å². The Bertz CT molecular complexity index is 850. The van der Waals surface area contributed by atoms with Crippen molar-refractivity contribution >= 4 is 31.9 Å². The highest BCUT2D eigenvalue weighted by Gasteiger charge is 2.29. The Morgan fingerprint density at radius 3 is 2.48 bits per heavy atom. The van der Waals surface area contributed by atoms with E-state index in [-0.39, 0.29) is 6.54 Å². The van der Waals surface area contributed by atoms with Crippen LogP contribution in [0.1, 0.15) is 10.8 Å². The third kappa shape index (κ3) is 2.48. The van der Waals surface area contributed by atoms with Crippen LogP contribution in [0.2, 0.25) is 0 Å². The number of benzene rings is 2. The van der Waals surface area contributed by atoms with E-state index < -0.39 is 15.1 Å². The molecule has 0 radical (unpaired) electrons. The van der Waals surface area contributed by atoms with Crippen molar-refractivity contribution in [1.82, 2.24) is 0 Å². The maximum atomic E-state index is 12.8. The van der Waals surface area contributed by atoms with Gasteiger partial charge in [-0.3, -0.25) is 0 Å². The molecule has 21 heavy (non-hydrogen) atoms. The van der Waals surface area contributed by atoms with Crippen LogP contribution in [0.15, 0.2) is 64.2 Å². The first-order valence-corrected chi connectivity index (χ1v) is 9.02. The lowest BCUT2D eigenvalue weighted by Crippen LogP contribution is -2.21. The Kier molecular flexibility index (Phi) is 3.80. The minimum atomic E-state index is -3.46. The van der Waals surface area contributed by atoms with Gasteiger partial charge in [-0.15, -0.1) is 11.3 Å².